The Morgan fingerprint density at radius 1 is 0.830 bits per heavy atom. The van der Waals surface area contributed by atoms with Crippen LogP contribution in [-0.2, 0) is 25.5 Å². The number of piperidine rings is 2. The molecule has 0 atom stereocenters. The third-order valence-electron chi connectivity index (χ3n) is 9.79. The molecule has 53 heavy (non-hydrogen) atoms. The molecule has 0 aliphatic carbocycles. The van der Waals surface area contributed by atoms with Crippen molar-refractivity contribution < 1.29 is 33.4 Å². The molecule has 0 saturated carbocycles. The average Bonchev–Trinajstić information content (AvgIpc) is 3.14. The van der Waals surface area contributed by atoms with Gasteiger partial charge in [0.25, 0.3) is 5.91 Å². The molecule has 2 aliphatic heterocycles. The van der Waals surface area contributed by atoms with Crippen LogP contribution in [-0.4, -0.2) is 109 Å². The summed E-state index contributed by atoms with van der Waals surface area (Å²) in [6.45, 7) is 10.0. The van der Waals surface area contributed by atoms with Gasteiger partial charge in [0, 0.05) is 64.0 Å². The summed E-state index contributed by atoms with van der Waals surface area (Å²) in [6.07, 6.45) is 0.991. The summed E-state index contributed by atoms with van der Waals surface area (Å²) in [5, 5.41) is 5.71. The molecule has 0 spiro atoms. The molecule has 3 amide bonds. The van der Waals surface area contributed by atoms with Crippen LogP contribution >= 0.6 is 0 Å². The number of benzene rings is 3. The number of para-hydroxylation sites is 1. The maximum Gasteiger partial charge on any atom is 0.411 e. The van der Waals surface area contributed by atoms with Gasteiger partial charge in [-0.3, -0.25) is 15.0 Å². The van der Waals surface area contributed by atoms with E-state index >= 15 is 0 Å². The molecule has 284 valence electrons. The van der Waals surface area contributed by atoms with Crippen molar-refractivity contribution in [2.24, 2.45) is 0 Å². The summed E-state index contributed by atoms with van der Waals surface area (Å²) in [7, 11) is 3.14. The number of likely N-dealkylation sites (N-methyl/N-ethyl adjacent to an activating group) is 1. The van der Waals surface area contributed by atoms with E-state index in [0.717, 1.165) is 49.2 Å². The first-order chi connectivity index (χ1) is 25.3. The quantitative estimate of drug-likeness (QED) is 0.176. The van der Waals surface area contributed by atoms with Gasteiger partial charge in [-0.15, -0.1) is 0 Å². The van der Waals surface area contributed by atoms with Crippen LogP contribution in [0.5, 0.6) is 0 Å². The summed E-state index contributed by atoms with van der Waals surface area (Å²) >= 11 is 0. The van der Waals surface area contributed by atoms with Crippen LogP contribution in [0.15, 0.2) is 78.9 Å². The molecule has 5 rings (SSSR count). The Balaban J connectivity index is 1.02. The van der Waals surface area contributed by atoms with Crippen LogP contribution in [0.4, 0.5) is 15.3 Å². The highest BCUT2D eigenvalue weighted by atomic mass is 16.6. The molecule has 12 heteroatoms. The molecule has 2 saturated heterocycles. The molecule has 2 heterocycles. The fraction of sp³-hybridized carbons (Fsp3) is 0.463. The van der Waals surface area contributed by atoms with E-state index in [-0.39, 0.29) is 12.0 Å². The smallest absolute Gasteiger partial charge is 0.411 e. The third kappa shape index (κ3) is 11.0. The van der Waals surface area contributed by atoms with Gasteiger partial charge in [0.15, 0.2) is 0 Å². The molecule has 2 N–H and O–H groups in total. The summed E-state index contributed by atoms with van der Waals surface area (Å²) in [5.74, 6) is -0.522. The predicted octanol–water partition coefficient (Wildman–Crippen LogP) is 6.17. The number of nitrogens with one attached hydrogen (secondary N) is 2. The van der Waals surface area contributed by atoms with Gasteiger partial charge in [-0.1, -0.05) is 60.7 Å². The van der Waals surface area contributed by atoms with Gasteiger partial charge in [-0.25, -0.2) is 14.4 Å². The van der Waals surface area contributed by atoms with Gasteiger partial charge >= 0.3 is 18.2 Å². The van der Waals surface area contributed by atoms with Crippen LogP contribution in [0.25, 0.3) is 11.1 Å². The lowest BCUT2D eigenvalue weighted by atomic mass is 9.87. The number of esters is 1. The van der Waals surface area contributed by atoms with E-state index in [1.54, 1.807) is 25.7 Å². The van der Waals surface area contributed by atoms with Gasteiger partial charge in [0.2, 0.25) is 0 Å². The minimum absolute atomic E-state index is 0.0451. The number of alkyl carbamates (subject to hydrolysis) is 1. The molecular weight excluding hydrogens is 674 g/mol. The lowest BCUT2D eigenvalue weighted by Gasteiger charge is -2.40. The zero-order valence-corrected chi connectivity index (χ0v) is 31.6. The molecule has 3 aromatic carbocycles. The Bertz CT molecular complexity index is 1690. The molecular formula is C41H53N5O7. The summed E-state index contributed by atoms with van der Waals surface area (Å²) < 4.78 is 16.2. The highest BCUT2D eigenvalue weighted by Crippen LogP contribution is 2.29. The second kappa shape index (κ2) is 17.7. The van der Waals surface area contributed by atoms with Gasteiger partial charge in [0.05, 0.1) is 12.8 Å². The highest BCUT2D eigenvalue weighted by Gasteiger charge is 2.44. The Morgan fingerprint density at radius 2 is 1.47 bits per heavy atom. The number of carbonyl (C=O) groups excluding carboxylic acids is 4. The minimum atomic E-state index is -1.13. The van der Waals surface area contributed by atoms with Crippen molar-refractivity contribution in [3.05, 3.63) is 90.0 Å². The fourth-order valence-electron chi connectivity index (χ4n) is 6.79. The van der Waals surface area contributed by atoms with Gasteiger partial charge in [-0.2, -0.15) is 0 Å². The van der Waals surface area contributed by atoms with Crippen molar-refractivity contribution >= 4 is 29.8 Å². The molecule has 0 aromatic heterocycles. The number of hydrogen-bond acceptors (Lipinski definition) is 9. The van der Waals surface area contributed by atoms with E-state index in [0.29, 0.717) is 50.3 Å². The molecule has 2 fully saturated rings. The fourth-order valence-corrected chi connectivity index (χ4v) is 6.79. The molecule has 0 radical (unpaired) electrons. The van der Waals surface area contributed by atoms with Crippen LogP contribution in [0, 0.1) is 0 Å². The number of nitrogens with zero attached hydrogens (tertiary/aromatic N) is 3. The first kappa shape index (κ1) is 39.3. The average molecular weight is 728 g/mol. The number of amides is 3. The van der Waals surface area contributed by atoms with E-state index in [1.807, 2.05) is 85.9 Å². The number of carbonyl (C=O) groups is 4. The van der Waals surface area contributed by atoms with E-state index in [1.165, 1.54) is 7.11 Å². The van der Waals surface area contributed by atoms with Crippen molar-refractivity contribution in [3.63, 3.8) is 0 Å². The Morgan fingerprint density at radius 3 is 2.11 bits per heavy atom. The van der Waals surface area contributed by atoms with E-state index in [9.17, 15) is 19.2 Å². The van der Waals surface area contributed by atoms with Crippen LogP contribution in [0.1, 0.15) is 62.4 Å². The van der Waals surface area contributed by atoms with Crippen molar-refractivity contribution in [1.82, 2.24) is 20.0 Å². The molecule has 3 aromatic rings. The number of anilines is 1. The number of ether oxygens (including phenoxy) is 3. The first-order valence-electron chi connectivity index (χ1n) is 18.3. The van der Waals surface area contributed by atoms with Crippen LogP contribution in [0.2, 0.25) is 0 Å². The third-order valence-corrected chi connectivity index (χ3v) is 9.79. The lowest BCUT2D eigenvalue weighted by molar-refractivity contribution is -0.151. The Labute approximate surface area is 312 Å². The molecule has 0 unspecified atom stereocenters. The first-order valence-corrected chi connectivity index (χ1v) is 18.3. The monoisotopic (exact) mass is 727 g/mol. The van der Waals surface area contributed by atoms with Crippen LogP contribution in [0.3, 0.4) is 0 Å². The molecule has 2 aliphatic rings. The van der Waals surface area contributed by atoms with E-state index in [4.69, 9.17) is 14.2 Å². The van der Waals surface area contributed by atoms with Crippen molar-refractivity contribution in [2.45, 2.75) is 70.2 Å². The molecule has 12 nitrogen and oxygen atoms in total. The van der Waals surface area contributed by atoms with Crippen LogP contribution < -0.4 is 10.6 Å². The normalized spacial score (nSPS) is 16.6. The number of hydrogen-bond donors (Lipinski definition) is 2. The van der Waals surface area contributed by atoms with Crippen molar-refractivity contribution in [3.8, 4) is 11.1 Å². The standard InChI is InChI=1S/C41H53N5O7/c1-40(2,3)53-39(50)43-41(37(48)51-5)21-25-46(26-22-41)29-30-15-17-32(18-16-30)36(47)44(4)27-28-45-23-19-33(20-24-45)52-38(49)42-35-14-10-9-13-34(35)31-11-7-6-8-12-31/h6-18,33H,19-29H2,1-5H3,(H,42,49)(H,43,50). The maximum atomic E-state index is 13.2. The second-order valence-corrected chi connectivity index (χ2v) is 14.9. The largest absolute Gasteiger partial charge is 0.467 e. The topological polar surface area (TPSA) is 130 Å². The Kier molecular flexibility index (Phi) is 13.1. The number of likely N-dealkylation sites (tertiary alicyclic amines) is 2. The second-order valence-electron chi connectivity index (χ2n) is 14.9. The van der Waals surface area contributed by atoms with Gasteiger partial charge in [0.1, 0.15) is 17.2 Å². The van der Waals surface area contributed by atoms with E-state index in [2.05, 4.69) is 20.4 Å². The predicted molar refractivity (Wildman–Crippen MR) is 203 cm³/mol. The summed E-state index contributed by atoms with van der Waals surface area (Å²) in [6, 6.07) is 25.3. The van der Waals surface area contributed by atoms with Crippen molar-refractivity contribution in [2.75, 3.05) is 58.7 Å². The van der Waals surface area contributed by atoms with Gasteiger partial charge in [-0.05, 0) is 75.8 Å². The lowest BCUT2D eigenvalue weighted by Crippen LogP contribution is -2.60. The van der Waals surface area contributed by atoms with E-state index < -0.39 is 29.3 Å². The van der Waals surface area contributed by atoms with Gasteiger partial charge < -0.3 is 29.3 Å². The zero-order chi connectivity index (χ0) is 38.0. The zero-order valence-electron chi connectivity index (χ0n) is 31.6. The Hall–Kier alpha value is -4.94. The number of rotatable bonds is 11. The minimum Gasteiger partial charge on any atom is -0.467 e. The summed E-state index contributed by atoms with van der Waals surface area (Å²) in [5.41, 5.74) is 2.53. The maximum absolute atomic E-state index is 13.2. The highest BCUT2D eigenvalue weighted by molar-refractivity contribution is 5.94. The number of methoxy groups -OCH3 is 1. The SMILES string of the molecule is COC(=O)C1(NC(=O)OC(C)(C)C)CCN(Cc2ccc(C(=O)N(C)CCN3CCC(OC(=O)Nc4ccccc4-c4ccccc4)CC3)cc2)CC1. The van der Waals surface area contributed by atoms with Crippen molar-refractivity contribution in [1.29, 1.82) is 0 Å². The molecule has 0 bridgehead atoms. The summed E-state index contributed by atoms with van der Waals surface area (Å²) in [4.78, 5) is 57.5.